The fraction of sp³-hybridized carbons (Fsp3) is 0.200. The monoisotopic (exact) mass is 398 g/mol. The van der Waals surface area contributed by atoms with E-state index >= 15 is 0 Å². The molecule has 1 saturated heterocycles. The van der Waals surface area contributed by atoms with Crippen molar-refractivity contribution >= 4 is 51.3 Å². The average molecular weight is 399 g/mol. The maximum absolute atomic E-state index is 11.6. The van der Waals surface area contributed by atoms with E-state index in [2.05, 4.69) is 16.8 Å². The number of hydrogen-bond donors (Lipinski definition) is 1. The van der Waals surface area contributed by atoms with Gasteiger partial charge in [-0.3, -0.25) is 4.79 Å². The molecule has 0 spiro atoms. The molecule has 0 saturated carbocycles. The maximum atomic E-state index is 11.6. The largest absolute Gasteiger partial charge is 0.439 e. The van der Waals surface area contributed by atoms with Crippen molar-refractivity contribution in [3.8, 4) is 11.1 Å². The van der Waals surface area contributed by atoms with Crippen molar-refractivity contribution in [2.45, 2.75) is 0 Å². The average Bonchev–Trinajstić information content (AvgIpc) is 3.13. The van der Waals surface area contributed by atoms with E-state index in [1.807, 2.05) is 35.7 Å². The molecule has 0 aliphatic carbocycles. The van der Waals surface area contributed by atoms with Gasteiger partial charge in [-0.2, -0.15) is 0 Å². The predicted molar refractivity (Wildman–Crippen MR) is 112 cm³/mol. The Morgan fingerprint density at radius 2 is 2.11 bits per heavy atom. The number of carbonyl (C=O) groups is 1. The zero-order chi connectivity index (χ0) is 18.8. The third kappa shape index (κ3) is 3.66. The summed E-state index contributed by atoms with van der Waals surface area (Å²) in [5, 5.41) is 4.83. The van der Waals surface area contributed by atoms with Gasteiger partial charge in [0.15, 0.2) is 11.5 Å². The zero-order valence-electron chi connectivity index (χ0n) is 14.6. The van der Waals surface area contributed by atoms with Crippen LogP contribution in [0.5, 0.6) is 0 Å². The van der Waals surface area contributed by atoms with Crippen LogP contribution in [0.2, 0.25) is 0 Å². The molecule has 1 N–H and O–H groups in total. The topological polar surface area (TPSA) is 54.7 Å². The molecule has 3 heterocycles. The number of morpholine rings is 1. The number of thiophene rings is 1. The third-order valence-corrected chi connectivity index (χ3v) is 5.83. The van der Waals surface area contributed by atoms with Gasteiger partial charge in [0.1, 0.15) is 0 Å². The quantitative estimate of drug-likeness (QED) is 0.503. The summed E-state index contributed by atoms with van der Waals surface area (Å²) < 4.78 is 13.4. The zero-order valence-corrected chi connectivity index (χ0v) is 16.2. The lowest BCUT2D eigenvalue weighted by Gasteiger charge is -2.27. The number of nitrogens with one attached hydrogen (secondary N) is 1. The molecule has 7 heteroatoms. The van der Waals surface area contributed by atoms with Gasteiger partial charge < -0.3 is 19.4 Å². The van der Waals surface area contributed by atoms with Gasteiger partial charge in [-0.25, -0.2) is 0 Å². The van der Waals surface area contributed by atoms with Crippen LogP contribution in [0.15, 0.2) is 52.8 Å². The summed E-state index contributed by atoms with van der Waals surface area (Å²) in [5.41, 5.74) is 3.41. The van der Waals surface area contributed by atoms with Crippen LogP contribution in [0.25, 0.3) is 21.4 Å². The summed E-state index contributed by atoms with van der Waals surface area (Å²) in [6.45, 7) is 6.42. The number of nitrogens with zero attached hydrogens (tertiary/aromatic N) is 1. The van der Waals surface area contributed by atoms with Crippen LogP contribution < -0.4 is 10.2 Å². The van der Waals surface area contributed by atoms with Crippen LogP contribution in [-0.4, -0.2) is 32.2 Å². The molecule has 3 aromatic rings. The van der Waals surface area contributed by atoms with Gasteiger partial charge in [0.25, 0.3) is 0 Å². The van der Waals surface area contributed by atoms with Crippen LogP contribution in [0.1, 0.15) is 0 Å². The SMILES string of the molecule is C=CC(=O)Nc1cccc(-c2csc3c(=S)cc(N4CCOCC4)oc23)c1. The molecule has 5 nitrogen and oxygen atoms in total. The maximum Gasteiger partial charge on any atom is 0.247 e. The fourth-order valence-corrected chi connectivity index (χ4v) is 4.28. The van der Waals surface area contributed by atoms with E-state index in [1.165, 1.54) is 6.08 Å². The smallest absolute Gasteiger partial charge is 0.247 e. The van der Waals surface area contributed by atoms with Crippen molar-refractivity contribution < 1.29 is 13.9 Å². The summed E-state index contributed by atoms with van der Waals surface area (Å²) in [5.74, 6) is 0.529. The van der Waals surface area contributed by atoms with Crippen molar-refractivity contribution in [3.63, 3.8) is 0 Å². The molecular weight excluding hydrogens is 380 g/mol. The van der Waals surface area contributed by atoms with Crippen LogP contribution in [-0.2, 0) is 9.53 Å². The number of anilines is 2. The minimum absolute atomic E-state index is 0.241. The first kappa shape index (κ1) is 17.9. The number of ether oxygens (including phenoxy) is 1. The molecule has 27 heavy (non-hydrogen) atoms. The first-order chi connectivity index (χ1) is 13.2. The molecule has 1 fully saturated rings. The first-order valence-corrected chi connectivity index (χ1v) is 9.86. The Balaban J connectivity index is 1.77. The van der Waals surface area contributed by atoms with Gasteiger partial charge in [-0.1, -0.05) is 30.9 Å². The molecule has 138 valence electrons. The standard InChI is InChI=1S/C20H18N2O3S2/c1-2-17(23)21-14-5-3-4-13(10-14)15-12-27-20-16(26)11-18(25-19(15)20)22-6-8-24-9-7-22/h2-5,10-12H,1,6-9H2,(H,21,23). The minimum atomic E-state index is -0.241. The normalized spacial score (nSPS) is 14.3. The van der Waals surface area contributed by atoms with E-state index in [4.69, 9.17) is 21.4 Å². The Morgan fingerprint density at radius 1 is 1.30 bits per heavy atom. The molecule has 1 aromatic carbocycles. The second kappa shape index (κ2) is 7.64. The highest BCUT2D eigenvalue weighted by molar-refractivity contribution is 7.72. The summed E-state index contributed by atoms with van der Waals surface area (Å²) in [4.78, 5) is 13.7. The van der Waals surface area contributed by atoms with Gasteiger partial charge in [0.05, 0.1) is 22.4 Å². The molecular formula is C20H18N2O3S2. The Labute approximate surface area is 165 Å². The van der Waals surface area contributed by atoms with Gasteiger partial charge >= 0.3 is 0 Å². The van der Waals surface area contributed by atoms with Crippen molar-refractivity contribution in [1.82, 2.24) is 0 Å². The van der Waals surface area contributed by atoms with Crippen molar-refractivity contribution in [2.24, 2.45) is 0 Å². The van der Waals surface area contributed by atoms with Crippen LogP contribution in [0.3, 0.4) is 0 Å². The Morgan fingerprint density at radius 3 is 2.89 bits per heavy atom. The van der Waals surface area contributed by atoms with Crippen LogP contribution in [0, 0.1) is 4.51 Å². The van der Waals surface area contributed by atoms with Crippen molar-refractivity contribution in [1.29, 1.82) is 0 Å². The highest BCUT2D eigenvalue weighted by Gasteiger charge is 2.17. The van der Waals surface area contributed by atoms with Gasteiger partial charge in [-0.05, 0) is 23.8 Å². The third-order valence-electron chi connectivity index (χ3n) is 4.38. The number of rotatable bonds is 4. The lowest BCUT2D eigenvalue weighted by Crippen LogP contribution is -2.36. The molecule has 4 rings (SSSR count). The summed E-state index contributed by atoms with van der Waals surface area (Å²) in [7, 11) is 0. The predicted octanol–water partition coefficient (Wildman–Crippen LogP) is 4.85. The van der Waals surface area contributed by atoms with E-state index in [9.17, 15) is 4.79 Å². The molecule has 1 amide bonds. The van der Waals surface area contributed by atoms with E-state index in [0.717, 1.165) is 44.9 Å². The summed E-state index contributed by atoms with van der Waals surface area (Å²) in [6, 6.07) is 9.57. The molecule has 1 aliphatic heterocycles. The fourth-order valence-electron chi connectivity index (χ4n) is 3.03. The number of carbonyl (C=O) groups excluding carboxylic acids is 1. The summed E-state index contributed by atoms with van der Waals surface area (Å²) >= 11 is 7.17. The molecule has 0 bridgehead atoms. The van der Waals surface area contributed by atoms with E-state index in [0.29, 0.717) is 18.9 Å². The highest BCUT2D eigenvalue weighted by Crippen LogP contribution is 2.38. The van der Waals surface area contributed by atoms with Crippen molar-refractivity contribution in [2.75, 3.05) is 36.5 Å². The van der Waals surface area contributed by atoms with Crippen molar-refractivity contribution in [3.05, 3.63) is 52.9 Å². The van der Waals surface area contributed by atoms with Gasteiger partial charge in [0.2, 0.25) is 5.91 Å². The molecule has 0 unspecified atom stereocenters. The van der Waals surface area contributed by atoms with E-state index in [1.54, 1.807) is 11.3 Å². The van der Waals surface area contributed by atoms with E-state index < -0.39 is 0 Å². The minimum Gasteiger partial charge on any atom is -0.439 e. The van der Waals surface area contributed by atoms with Gasteiger partial charge in [-0.15, -0.1) is 11.3 Å². The number of benzene rings is 1. The number of hydrogen-bond acceptors (Lipinski definition) is 6. The summed E-state index contributed by atoms with van der Waals surface area (Å²) in [6.07, 6.45) is 1.25. The Bertz CT molecular complexity index is 1060. The molecule has 0 atom stereocenters. The van der Waals surface area contributed by atoms with E-state index in [-0.39, 0.29) is 5.91 Å². The molecule has 0 radical (unpaired) electrons. The lowest BCUT2D eigenvalue weighted by atomic mass is 10.1. The molecule has 1 aliphatic rings. The highest BCUT2D eigenvalue weighted by atomic mass is 32.1. The van der Waals surface area contributed by atoms with Gasteiger partial charge in [0, 0.05) is 35.8 Å². The number of amides is 1. The molecule has 2 aromatic heterocycles. The van der Waals surface area contributed by atoms with Crippen LogP contribution in [0.4, 0.5) is 11.6 Å². The number of fused-ring (bicyclic) bond motifs is 1. The first-order valence-electron chi connectivity index (χ1n) is 8.57. The van der Waals surface area contributed by atoms with Crippen LogP contribution >= 0.6 is 23.6 Å². The Kier molecular flexibility index (Phi) is 5.07. The second-order valence-electron chi connectivity index (χ2n) is 6.13. The Hall–Kier alpha value is -2.48. The second-order valence-corrected chi connectivity index (χ2v) is 7.45. The lowest BCUT2D eigenvalue weighted by molar-refractivity contribution is -0.111.